The molecule has 0 aromatic rings. The summed E-state index contributed by atoms with van der Waals surface area (Å²) in [6.45, 7) is 6.48. The number of likely N-dealkylation sites (N-methyl/N-ethyl adjacent to an activating group) is 1. The van der Waals surface area contributed by atoms with E-state index in [0.29, 0.717) is 0 Å². The predicted molar refractivity (Wildman–Crippen MR) is 80.8 cm³/mol. The summed E-state index contributed by atoms with van der Waals surface area (Å²) in [7, 11) is 2.09. The molecule has 6 nitrogen and oxygen atoms in total. The molecule has 2 aliphatic rings. The number of aliphatic hydroxyl groups is 3. The maximum atomic E-state index is 12.2. The minimum atomic E-state index is -1.91. The van der Waals surface area contributed by atoms with Crippen molar-refractivity contribution in [3.63, 3.8) is 0 Å². The van der Waals surface area contributed by atoms with Crippen LogP contribution < -0.4 is 0 Å². The summed E-state index contributed by atoms with van der Waals surface area (Å²) in [5.74, 6) is -1.28. The summed E-state index contributed by atoms with van der Waals surface area (Å²) >= 11 is 0. The van der Waals surface area contributed by atoms with Crippen LogP contribution in [0, 0.1) is 5.92 Å². The first-order chi connectivity index (χ1) is 10.1. The molecule has 0 radical (unpaired) electrons. The third kappa shape index (κ3) is 2.69. The molecule has 0 amide bonds. The second-order valence-corrected chi connectivity index (χ2v) is 7.20. The second kappa shape index (κ2) is 5.92. The van der Waals surface area contributed by atoms with E-state index in [0.717, 1.165) is 29.6 Å². The molecule has 0 aliphatic carbocycles. The number of carbonyl (C=O) groups excluding carboxylic acids is 1. The van der Waals surface area contributed by atoms with Gasteiger partial charge in [0.15, 0.2) is 5.60 Å². The fourth-order valence-electron chi connectivity index (χ4n) is 3.74. The Kier molecular flexibility index (Phi) is 4.69. The first kappa shape index (κ1) is 17.4. The van der Waals surface area contributed by atoms with Crippen LogP contribution in [-0.2, 0) is 9.53 Å². The van der Waals surface area contributed by atoms with Crippen molar-refractivity contribution in [1.29, 1.82) is 0 Å². The smallest absolute Gasteiger partial charge is 0.341 e. The van der Waals surface area contributed by atoms with Gasteiger partial charge in [-0.3, -0.25) is 0 Å². The van der Waals surface area contributed by atoms with Crippen LogP contribution in [0.3, 0.4) is 0 Å². The highest BCUT2D eigenvalue weighted by atomic mass is 16.6. The van der Waals surface area contributed by atoms with Crippen molar-refractivity contribution in [1.82, 2.24) is 0 Å². The van der Waals surface area contributed by atoms with Gasteiger partial charge in [-0.2, -0.15) is 0 Å². The number of rotatable bonds is 5. The minimum Gasteiger partial charge on any atom is -0.459 e. The summed E-state index contributed by atoms with van der Waals surface area (Å²) in [5, 5.41) is 30.3. The molecule has 0 saturated carbocycles. The summed E-state index contributed by atoms with van der Waals surface area (Å²) in [4.78, 5) is 12.2. The van der Waals surface area contributed by atoms with Gasteiger partial charge in [-0.1, -0.05) is 13.8 Å². The molecule has 1 saturated heterocycles. The highest BCUT2D eigenvalue weighted by Gasteiger charge is 2.51. The monoisotopic (exact) mass is 314 g/mol. The van der Waals surface area contributed by atoms with Crippen LogP contribution >= 0.6 is 0 Å². The molecule has 5 unspecified atom stereocenters. The third-order valence-electron chi connectivity index (χ3n) is 5.34. The molecule has 1 fully saturated rings. The average molecular weight is 314 g/mol. The minimum absolute atomic E-state index is 0.0357. The van der Waals surface area contributed by atoms with Gasteiger partial charge in [0.25, 0.3) is 0 Å². The van der Waals surface area contributed by atoms with Gasteiger partial charge in [0.2, 0.25) is 0 Å². The van der Waals surface area contributed by atoms with Gasteiger partial charge in [0.05, 0.1) is 26.2 Å². The first-order valence-electron chi connectivity index (χ1n) is 7.91. The zero-order valence-corrected chi connectivity index (χ0v) is 13.8. The van der Waals surface area contributed by atoms with E-state index in [1.54, 1.807) is 13.8 Å². The van der Waals surface area contributed by atoms with Crippen LogP contribution in [0.1, 0.15) is 27.2 Å². The number of ether oxygens (including phenoxy) is 1. The Morgan fingerprint density at radius 1 is 1.50 bits per heavy atom. The molecule has 2 rings (SSSR count). The molecular formula is C16H28NO5+. The topological polar surface area (TPSA) is 87.0 Å². The maximum Gasteiger partial charge on any atom is 0.341 e. The molecule has 0 aromatic heterocycles. The standard InChI is InChI=1S/C16H28NO5/c1-10(2)16(21,11(3)18)15(20)22-9-12-5-7-17(4)8-6-13(19)14(12)17/h5,10-11,13-14,18-19,21H,6-9H2,1-4H3/q+1. The van der Waals surface area contributed by atoms with Crippen LogP contribution in [0.15, 0.2) is 11.6 Å². The lowest BCUT2D eigenvalue weighted by Gasteiger charge is -2.33. The van der Waals surface area contributed by atoms with Crippen molar-refractivity contribution < 1.29 is 29.3 Å². The Labute approximate surface area is 131 Å². The summed E-state index contributed by atoms with van der Waals surface area (Å²) in [6.07, 6.45) is 1.13. The molecule has 3 N–H and O–H groups in total. The molecular weight excluding hydrogens is 286 g/mol. The number of hydrogen-bond donors (Lipinski definition) is 3. The van der Waals surface area contributed by atoms with Gasteiger partial charge in [0.1, 0.15) is 18.8 Å². The van der Waals surface area contributed by atoms with Crippen molar-refractivity contribution in [2.75, 3.05) is 26.7 Å². The van der Waals surface area contributed by atoms with Crippen LogP contribution in [0.4, 0.5) is 0 Å². The molecule has 6 heteroatoms. The number of nitrogens with zero attached hydrogens (tertiary/aromatic N) is 1. The molecule has 0 spiro atoms. The van der Waals surface area contributed by atoms with Crippen LogP contribution in [0.2, 0.25) is 0 Å². The molecule has 0 aromatic carbocycles. The predicted octanol–water partition coefficient (Wildman–Crippen LogP) is -0.183. The molecule has 126 valence electrons. The van der Waals surface area contributed by atoms with Crippen molar-refractivity contribution in [2.45, 2.75) is 51.0 Å². The zero-order chi connectivity index (χ0) is 16.7. The highest BCUT2D eigenvalue weighted by molar-refractivity contribution is 5.80. The number of carbonyl (C=O) groups is 1. The Morgan fingerprint density at radius 2 is 2.14 bits per heavy atom. The van der Waals surface area contributed by atoms with Gasteiger partial charge in [-0.15, -0.1) is 0 Å². The highest BCUT2D eigenvalue weighted by Crippen LogP contribution is 2.35. The van der Waals surface area contributed by atoms with Crippen molar-refractivity contribution in [3.8, 4) is 0 Å². The number of hydrogen-bond acceptors (Lipinski definition) is 5. The van der Waals surface area contributed by atoms with E-state index in [2.05, 4.69) is 7.05 Å². The van der Waals surface area contributed by atoms with E-state index in [1.807, 2.05) is 6.08 Å². The Hall–Kier alpha value is -0.950. The SMILES string of the molecule is CC(C)C(O)(C(=O)OCC1=CC[N+]2(C)CCC(O)C12)C(C)O. The largest absolute Gasteiger partial charge is 0.459 e. The summed E-state index contributed by atoms with van der Waals surface area (Å²) < 4.78 is 6.03. The average Bonchev–Trinajstić information content (AvgIpc) is 2.92. The lowest BCUT2D eigenvalue weighted by molar-refractivity contribution is -0.906. The quantitative estimate of drug-likeness (QED) is 0.372. The van der Waals surface area contributed by atoms with E-state index in [9.17, 15) is 20.1 Å². The zero-order valence-electron chi connectivity index (χ0n) is 13.8. The molecule has 2 aliphatic heterocycles. The van der Waals surface area contributed by atoms with E-state index in [4.69, 9.17) is 4.74 Å². The van der Waals surface area contributed by atoms with E-state index in [1.165, 1.54) is 6.92 Å². The molecule has 0 bridgehead atoms. The first-order valence-corrected chi connectivity index (χ1v) is 7.91. The van der Waals surface area contributed by atoms with Gasteiger partial charge in [-0.05, 0) is 18.9 Å². The van der Waals surface area contributed by atoms with Crippen molar-refractivity contribution in [2.24, 2.45) is 5.92 Å². The van der Waals surface area contributed by atoms with Gasteiger partial charge >= 0.3 is 5.97 Å². The molecule has 22 heavy (non-hydrogen) atoms. The van der Waals surface area contributed by atoms with Gasteiger partial charge in [0, 0.05) is 12.0 Å². The molecule has 5 atom stereocenters. The van der Waals surface area contributed by atoms with Crippen LogP contribution in [0.5, 0.6) is 0 Å². The van der Waals surface area contributed by atoms with Crippen LogP contribution in [0.25, 0.3) is 0 Å². The fourth-order valence-corrected chi connectivity index (χ4v) is 3.74. The Morgan fingerprint density at radius 3 is 2.68 bits per heavy atom. The Balaban J connectivity index is 2.03. The number of aliphatic hydroxyl groups excluding tert-OH is 2. The van der Waals surface area contributed by atoms with E-state index >= 15 is 0 Å². The van der Waals surface area contributed by atoms with Crippen LogP contribution in [-0.4, -0.2) is 76.4 Å². The third-order valence-corrected chi connectivity index (χ3v) is 5.34. The lowest BCUT2D eigenvalue weighted by Crippen LogP contribution is -2.54. The van der Waals surface area contributed by atoms with E-state index < -0.39 is 29.7 Å². The van der Waals surface area contributed by atoms with Crippen molar-refractivity contribution >= 4 is 5.97 Å². The number of esters is 1. The lowest BCUT2D eigenvalue weighted by atomic mass is 9.85. The van der Waals surface area contributed by atoms with E-state index in [-0.39, 0.29) is 12.6 Å². The number of fused-ring (bicyclic) bond motifs is 1. The van der Waals surface area contributed by atoms with Gasteiger partial charge in [-0.25, -0.2) is 4.79 Å². The van der Waals surface area contributed by atoms with Crippen molar-refractivity contribution in [3.05, 3.63) is 11.6 Å². The number of quaternary nitrogens is 1. The molecule has 2 heterocycles. The Bertz CT molecular complexity index is 465. The normalized spacial score (nSPS) is 35.0. The summed E-state index contributed by atoms with van der Waals surface area (Å²) in [5.41, 5.74) is -1.01. The van der Waals surface area contributed by atoms with Gasteiger partial charge < -0.3 is 24.5 Å². The maximum absolute atomic E-state index is 12.2. The second-order valence-electron chi connectivity index (χ2n) is 7.20. The summed E-state index contributed by atoms with van der Waals surface area (Å²) in [6, 6.07) is -0.0357. The fraction of sp³-hybridized carbons (Fsp3) is 0.812.